The average Bonchev–Trinajstić information content (AvgIpc) is 2.46. The second-order valence-electron chi connectivity index (χ2n) is 5.40. The molecule has 0 saturated heterocycles. The molecular weight excluding hydrogens is 234 g/mol. The number of aliphatic hydroxyl groups is 1. The van der Waals surface area contributed by atoms with E-state index in [1.807, 2.05) is 48.5 Å². The average molecular weight is 253 g/mol. The van der Waals surface area contributed by atoms with Gasteiger partial charge in [-0.15, -0.1) is 0 Å². The summed E-state index contributed by atoms with van der Waals surface area (Å²) in [7, 11) is 2.06. The molecule has 98 valence electrons. The third-order valence-electron chi connectivity index (χ3n) is 4.25. The Labute approximate surface area is 114 Å². The lowest BCUT2D eigenvalue weighted by atomic mass is 9.78. The van der Waals surface area contributed by atoms with Crippen molar-refractivity contribution in [3.05, 3.63) is 71.3 Å². The highest BCUT2D eigenvalue weighted by Crippen LogP contribution is 2.41. The number of hydrogen-bond donors (Lipinski definition) is 1. The molecule has 0 bridgehead atoms. The quantitative estimate of drug-likeness (QED) is 0.844. The summed E-state index contributed by atoms with van der Waals surface area (Å²) in [6.07, 6.45) is 0. The van der Waals surface area contributed by atoms with Gasteiger partial charge in [-0.05, 0) is 30.7 Å². The monoisotopic (exact) mass is 253 g/mol. The van der Waals surface area contributed by atoms with Crippen LogP contribution in [0.25, 0.3) is 0 Å². The van der Waals surface area contributed by atoms with E-state index < -0.39 is 5.60 Å². The molecule has 1 heterocycles. The summed E-state index contributed by atoms with van der Waals surface area (Å²) < 4.78 is 0. The number of fused-ring (bicyclic) bond motifs is 1. The van der Waals surface area contributed by atoms with Crippen LogP contribution in [0.1, 0.15) is 29.7 Å². The Balaban J connectivity index is 2.20. The van der Waals surface area contributed by atoms with Crippen molar-refractivity contribution in [1.82, 2.24) is 4.90 Å². The van der Waals surface area contributed by atoms with Gasteiger partial charge in [0.25, 0.3) is 0 Å². The van der Waals surface area contributed by atoms with Gasteiger partial charge in [0.05, 0.1) is 0 Å². The van der Waals surface area contributed by atoms with Gasteiger partial charge in [0.2, 0.25) is 0 Å². The molecule has 2 aromatic carbocycles. The van der Waals surface area contributed by atoms with E-state index in [-0.39, 0.29) is 0 Å². The summed E-state index contributed by atoms with van der Waals surface area (Å²) in [6, 6.07) is 18.5. The van der Waals surface area contributed by atoms with Crippen molar-refractivity contribution in [3.8, 4) is 0 Å². The van der Waals surface area contributed by atoms with Gasteiger partial charge in [0.15, 0.2) is 0 Å². The van der Waals surface area contributed by atoms with E-state index in [4.69, 9.17) is 0 Å². The minimum absolute atomic E-state index is 0.334. The summed E-state index contributed by atoms with van der Waals surface area (Å²) in [5, 5.41) is 11.2. The van der Waals surface area contributed by atoms with Gasteiger partial charge in [0.1, 0.15) is 5.60 Å². The summed E-state index contributed by atoms with van der Waals surface area (Å²) in [5.74, 6) is 0. The van der Waals surface area contributed by atoms with Crippen LogP contribution in [0.5, 0.6) is 0 Å². The first-order valence-corrected chi connectivity index (χ1v) is 6.70. The molecule has 2 nitrogen and oxygen atoms in total. The van der Waals surface area contributed by atoms with Crippen LogP contribution in [0.4, 0.5) is 0 Å². The second-order valence-corrected chi connectivity index (χ2v) is 5.40. The molecule has 2 atom stereocenters. The Bertz CT molecular complexity index is 581. The fourth-order valence-corrected chi connectivity index (χ4v) is 3.02. The van der Waals surface area contributed by atoms with Crippen LogP contribution < -0.4 is 0 Å². The molecule has 2 heteroatoms. The molecule has 1 N–H and O–H groups in total. The summed E-state index contributed by atoms with van der Waals surface area (Å²) in [5.41, 5.74) is 2.29. The molecule has 0 aromatic heterocycles. The van der Waals surface area contributed by atoms with E-state index in [1.54, 1.807) is 0 Å². The van der Waals surface area contributed by atoms with Gasteiger partial charge >= 0.3 is 0 Å². The lowest BCUT2D eigenvalue weighted by molar-refractivity contribution is 0.0161. The fraction of sp³-hybridized carbons (Fsp3) is 0.294. The van der Waals surface area contributed by atoms with Crippen LogP contribution in [-0.4, -0.2) is 23.6 Å². The molecule has 1 aliphatic heterocycles. The fourth-order valence-electron chi connectivity index (χ4n) is 3.02. The van der Waals surface area contributed by atoms with Crippen LogP contribution in [0.3, 0.4) is 0 Å². The van der Waals surface area contributed by atoms with Crippen LogP contribution >= 0.6 is 0 Å². The molecule has 0 amide bonds. The highest BCUT2D eigenvalue weighted by atomic mass is 16.3. The van der Waals surface area contributed by atoms with Crippen LogP contribution in [-0.2, 0) is 5.60 Å². The van der Waals surface area contributed by atoms with Crippen LogP contribution in [0.2, 0.25) is 0 Å². The zero-order valence-corrected chi connectivity index (χ0v) is 11.4. The lowest BCUT2D eigenvalue weighted by Gasteiger charge is -2.43. The molecule has 0 aliphatic carbocycles. The molecule has 19 heavy (non-hydrogen) atoms. The first-order valence-electron chi connectivity index (χ1n) is 6.70. The minimum Gasteiger partial charge on any atom is -0.379 e. The van der Waals surface area contributed by atoms with E-state index in [1.165, 1.54) is 5.56 Å². The predicted molar refractivity (Wildman–Crippen MR) is 76.9 cm³/mol. The normalized spacial score (nSPS) is 27.0. The molecule has 0 radical (unpaired) electrons. The first-order chi connectivity index (χ1) is 9.13. The number of benzene rings is 2. The van der Waals surface area contributed by atoms with E-state index >= 15 is 0 Å². The molecule has 0 unspecified atom stereocenters. The smallest absolute Gasteiger partial charge is 0.128 e. The van der Waals surface area contributed by atoms with Crippen molar-refractivity contribution in [2.45, 2.75) is 18.6 Å². The summed E-state index contributed by atoms with van der Waals surface area (Å²) in [4.78, 5) is 2.20. The zero-order chi connectivity index (χ0) is 13.5. The third kappa shape index (κ3) is 1.88. The van der Waals surface area contributed by atoms with E-state index in [0.717, 1.165) is 11.1 Å². The van der Waals surface area contributed by atoms with E-state index in [2.05, 4.69) is 24.9 Å². The molecule has 1 aliphatic rings. The molecule has 2 aromatic rings. The van der Waals surface area contributed by atoms with Crippen LogP contribution in [0.15, 0.2) is 54.6 Å². The van der Waals surface area contributed by atoms with Crippen molar-refractivity contribution in [2.75, 3.05) is 13.6 Å². The van der Waals surface area contributed by atoms with Gasteiger partial charge in [-0.2, -0.15) is 0 Å². The maximum Gasteiger partial charge on any atom is 0.128 e. The predicted octanol–water partition coefficient (Wildman–Crippen LogP) is 2.93. The Morgan fingerprint density at radius 1 is 1.05 bits per heavy atom. The molecule has 0 spiro atoms. The van der Waals surface area contributed by atoms with Gasteiger partial charge in [-0.1, -0.05) is 54.6 Å². The van der Waals surface area contributed by atoms with E-state index in [9.17, 15) is 5.11 Å². The molecule has 0 fully saturated rings. The molecule has 3 rings (SSSR count). The molecular formula is C17H19NO. The largest absolute Gasteiger partial charge is 0.379 e. The Morgan fingerprint density at radius 3 is 2.42 bits per heavy atom. The third-order valence-corrected chi connectivity index (χ3v) is 4.25. The minimum atomic E-state index is -0.918. The lowest BCUT2D eigenvalue weighted by Crippen LogP contribution is -2.46. The van der Waals surface area contributed by atoms with Gasteiger partial charge in [-0.3, -0.25) is 4.90 Å². The molecule has 0 saturated carbocycles. The zero-order valence-electron chi connectivity index (χ0n) is 11.4. The summed E-state index contributed by atoms with van der Waals surface area (Å²) >= 11 is 0. The number of rotatable bonds is 1. The number of β-amino-alcohol motifs (C(OH)–C–C–N with tert-alkyl or cyclic N) is 1. The Hall–Kier alpha value is -1.64. The maximum atomic E-state index is 11.2. The topological polar surface area (TPSA) is 23.5 Å². The highest BCUT2D eigenvalue weighted by molar-refractivity contribution is 5.44. The van der Waals surface area contributed by atoms with Crippen LogP contribution in [0, 0.1) is 0 Å². The SMILES string of the molecule is C[C@H]1c2ccccc2[C@](O)(c2ccccc2)CN1C. The Morgan fingerprint density at radius 2 is 1.68 bits per heavy atom. The van der Waals surface area contributed by atoms with Gasteiger partial charge in [-0.25, -0.2) is 0 Å². The Kier molecular flexibility index (Phi) is 2.92. The number of hydrogen-bond acceptors (Lipinski definition) is 2. The first kappa shape index (κ1) is 12.4. The summed E-state index contributed by atoms with van der Waals surface area (Å²) in [6.45, 7) is 2.80. The van der Waals surface area contributed by atoms with Crippen molar-refractivity contribution >= 4 is 0 Å². The van der Waals surface area contributed by atoms with Crippen molar-refractivity contribution in [1.29, 1.82) is 0 Å². The highest BCUT2D eigenvalue weighted by Gasteiger charge is 2.40. The number of nitrogens with zero attached hydrogens (tertiary/aromatic N) is 1. The van der Waals surface area contributed by atoms with Crippen molar-refractivity contribution in [2.24, 2.45) is 0 Å². The second kappa shape index (κ2) is 4.48. The maximum absolute atomic E-state index is 11.2. The standard InChI is InChI=1S/C17H19NO/c1-13-15-10-6-7-11-16(15)17(19,12-18(13)2)14-8-4-3-5-9-14/h3-11,13,19H,12H2,1-2H3/t13-,17+/m0/s1. The van der Waals surface area contributed by atoms with Gasteiger partial charge < -0.3 is 5.11 Å². The van der Waals surface area contributed by atoms with Crippen molar-refractivity contribution in [3.63, 3.8) is 0 Å². The number of likely N-dealkylation sites (N-methyl/N-ethyl adjacent to an activating group) is 1. The van der Waals surface area contributed by atoms with Gasteiger partial charge in [0, 0.05) is 12.6 Å². The van der Waals surface area contributed by atoms with E-state index in [0.29, 0.717) is 12.6 Å². The van der Waals surface area contributed by atoms with Crippen molar-refractivity contribution < 1.29 is 5.11 Å².